The van der Waals surface area contributed by atoms with Gasteiger partial charge in [-0.2, -0.15) is 0 Å². The number of carbonyl (C=O) groups excluding carboxylic acids is 1. The summed E-state index contributed by atoms with van der Waals surface area (Å²) in [6.45, 7) is 4.46. The number of halogens is 1. The number of nitrogens with zero attached hydrogens (tertiary/aromatic N) is 3. The molecule has 1 aliphatic carbocycles. The Balaban J connectivity index is 1.07. The lowest BCUT2D eigenvalue weighted by atomic mass is 9.94. The molecule has 0 radical (unpaired) electrons. The van der Waals surface area contributed by atoms with Crippen LogP contribution in [0.3, 0.4) is 0 Å². The maximum Gasteiger partial charge on any atom is 0.234 e. The molecule has 0 bridgehead atoms. The summed E-state index contributed by atoms with van der Waals surface area (Å²) in [6, 6.07) is 17.2. The van der Waals surface area contributed by atoms with Crippen LogP contribution in [-0.2, 0) is 4.79 Å². The second-order valence-electron chi connectivity index (χ2n) is 9.20. The summed E-state index contributed by atoms with van der Waals surface area (Å²) in [5.41, 5.74) is 4.11. The van der Waals surface area contributed by atoms with E-state index in [2.05, 4.69) is 48.2 Å². The second kappa shape index (κ2) is 11.9. The molecular formula is C27H31BrN4OS2. The molecule has 0 spiro atoms. The van der Waals surface area contributed by atoms with Crippen LogP contribution in [-0.4, -0.2) is 53.8 Å². The van der Waals surface area contributed by atoms with Gasteiger partial charge in [0.05, 0.1) is 11.4 Å². The smallest absolute Gasteiger partial charge is 0.234 e. The Hall–Kier alpha value is -1.87. The SMILES string of the molecule is O=C(CSc1nc(-c2ccc(Br)cc2)cs1)Nc1ccc(N2CCN(C3CCCCC3)CC2)cc1. The average molecular weight is 572 g/mol. The van der Waals surface area contributed by atoms with Crippen LogP contribution in [0.2, 0.25) is 0 Å². The predicted molar refractivity (Wildman–Crippen MR) is 152 cm³/mol. The van der Waals surface area contributed by atoms with E-state index in [-0.39, 0.29) is 5.91 Å². The van der Waals surface area contributed by atoms with E-state index in [0.29, 0.717) is 5.75 Å². The van der Waals surface area contributed by atoms with Gasteiger partial charge < -0.3 is 10.2 Å². The number of thiazole rings is 1. The van der Waals surface area contributed by atoms with Gasteiger partial charge in [0.1, 0.15) is 0 Å². The van der Waals surface area contributed by atoms with Crippen LogP contribution in [0.15, 0.2) is 62.7 Å². The monoisotopic (exact) mass is 570 g/mol. The zero-order valence-corrected chi connectivity index (χ0v) is 23.0. The van der Waals surface area contributed by atoms with Crippen molar-refractivity contribution in [3.63, 3.8) is 0 Å². The van der Waals surface area contributed by atoms with Crippen LogP contribution in [0.4, 0.5) is 11.4 Å². The van der Waals surface area contributed by atoms with Gasteiger partial charge in [0.25, 0.3) is 0 Å². The summed E-state index contributed by atoms with van der Waals surface area (Å²) in [4.78, 5) is 22.3. The number of hydrogen-bond acceptors (Lipinski definition) is 6. The minimum absolute atomic E-state index is 0.00996. The van der Waals surface area contributed by atoms with Gasteiger partial charge in [0, 0.05) is 59.0 Å². The quantitative estimate of drug-likeness (QED) is 0.318. The molecule has 2 aliphatic rings. The number of aromatic nitrogens is 1. The molecule has 0 unspecified atom stereocenters. The van der Waals surface area contributed by atoms with Crippen molar-refractivity contribution in [3.05, 3.63) is 58.4 Å². The topological polar surface area (TPSA) is 48.5 Å². The Labute approximate surface area is 224 Å². The highest BCUT2D eigenvalue weighted by molar-refractivity contribution is 9.10. The van der Waals surface area contributed by atoms with Crippen molar-refractivity contribution in [2.24, 2.45) is 0 Å². The van der Waals surface area contributed by atoms with Gasteiger partial charge in [0.2, 0.25) is 5.91 Å². The first kappa shape index (κ1) is 24.8. The fourth-order valence-corrected chi connectivity index (χ4v) is 6.85. The van der Waals surface area contributed by atoms with Crippen molar-refractivity contribution in [1.82, 2.24) is 9.88 Å². The van der Waals surface area contributed by atoms with E-state index < -0.39 is 0 Å². The molecule has 1 saturated carbocycles. The minimum atomic E-state index is -0.00996. The molecule has 1 N–H and O–H groups in total. The first-order valence-electron chi connectivity index (χ1n) is 12.4. The van der Waals surface area contributed by atoms with Crippen molar-refractivity contribution in [2.45, 2.75) is 42.5 Å². The third kappa shape index (κ3) is 6.67. The van der Waals surface area contributed by atoms with Crippen LogP contribution in [0.5, 0.6) is 0 Å². The van der Waals surface area contributed by atoms with Crippen molar-refractivity contribution >= 4 is 56.3 Å². The third-order valence-corrected chi connectivity index (χ3v) is 9.42. The number of benzene rings is 2. The predicted octanol–water partition coefficient (Wildman–Crippen LogP) is 6.76. The molecule has 5 nitrogen and oxygen atoms in total. The zero-order valence-electron chi connectivity index (χ0n) is 19.8. The number of piperazine rings is 1. The van der Waals surface area contributed by atoms with E-state index in [0.717, 1.165) is 58.0 Å². The number of amides is 1. The van der Waals surface area contributed by atoms with Crippen LogP contribution >= 0.6 is 39.0 Å². The lowest BCUT2D eigenvalue weighted by Gasteiger charge is -2.41. The molecule has 1 aromatic heterocycles. The fourth-order valence-electron chi connectivity index (χ4n) is 4.95. The molecule has 2 fully saturated rings. The van der Waals surface area contributed by atoms with Crippen molar-refractivity contribution in [3.8, 4) is 11.3 Å². The first-order valence-corrected chi connectivity index (χ1v) is 15.0. The minimum Gasteiger partial charge on any atom is -0.369 e. The summed E-state index contributed by atoms with van der Waals surface area (Å²) in [5, 5.41) is 5.06. The molecular weight excluding hydrogens is 540 g/mol. The van der Waals surface area contributed by atoms with Crippen LogP contribution in [0.25, 0.3) is 11.3 Å². The van der Waals surface area contributed by atoms with Gasteiger partial charge in [-0.25, -0.2) is 4.98 Å². The summed E-state index contributed by atoms with van der Waals surface area (Å²) in [5.74, 6) is 0.335. The van der Waals surface area contributed by atoms with Gasteiger partial charge in [-0.3, -0.25) is 9.69 Å². The van der Waals surface area contributed by atoms with Crippen LogP contribution < -0.4 is 10.2 Å². The third-order valence-electron chi connectivity index (χ3n) is 6.87. The molecule has 1 saturated heterocycles. The normalized spacial score (nSPS) is 17.5. The number of hydrogen-bond donors (Lipinski definition) is 1. The number of nitrogens with one attached hydrogen (secondary N) is 1. The fraction of sp³-hybridized carbons (Fsp3) is 0.407. The number of carbonyl (C=O) groups is 1. The van der Waals surface area contributed by atoms with Gasteiger partial charge in [-0.1, -0.05) is 59.1 Å². The van der Waals surface area contributed by atoms with Gasteiger partial charge in [-0.15, -0.1) is 11.3 Å². The Morgan fingerprint density at radius 1 is 1.00 bits per heavy atom. The average Bonchev–Trinajstić information content (AvgIpc) is 3.38. The highest BCUT2D eigenvalue weighted by Crippen LogP contribution is 2.29. The van der Waals surface area contributed by atoms with Crippen molar-refractivity contribution in [1.29, 1.82) is 0 Å². The van der Waals surface area contributed by atoms with Crippen molar-refractivity contribution < 1.29 is 4.79 Å². The van der Waals surface area contributed by atoms with Gasteiger partial charge in [-0.05, 0) is 49.2 Å². The van der Waals surface area contributed by atoms with Crippen molar-refractivity contribution in [2.75, 3.05) is 42.1 Å². The van der Waals surface area contributed by atoms with E-state index >= 15 is 0 Å². The van der Waals surface area contributed by atoms with Crippen LogP contribution in [0, 0.1) is 0 Å². The highest BCUT2D eigenvalue weighted by Gasteiger charge is 2.25. The molecule has 1 amide bonds. The molecule has 8 heteroatoms. The maximum absolute atomic E-state index is 12.5. The summed E-state index contributed by atoms with van der Waals surface area (Å²) >= 11 is 6.51. The Bertz CT molecular complexity index is 1100. The molecule has 3 aromatic rings. The lowest BCUT2D eigenvalue weighted by molar-refractivity contribution is -0.113. The second-order valence-corrected chi connectivity index (χ2v) is 12.2. The molecule has 1 aliphatic heterocycles. The maximum atomic E-state index is 12.5. The Morgan fingerprint density at radius 2 is 1.71 bits per heavy atom. The van der Waals surface area contributed by atoms with Crippen LogP contribution in [0.1, 0.15) is 32.1 Å². The number of rotatable bonds is 7. The van der Waals surface area contributed by atoms with E-state index in [1.54, 1.807) is 11.3 Å². The molecule has 2 heterocycles. The number of anilines is 2. The molecule has 5 rings (SSSR count). The molecule has 35 heavy (non-hydrogen) atoms. The molecule has 184 valence electrons. The lowest BCUT2D eigenvalue weighted by Crippen LogP contribution is -2.50. The van der Waals surface area contributed by atoms with Gasteiger partial charge in [0.15, 0.2) is 4.34 Å². The standard InChI is InChI=1S/C27H31BrN4OS2/c28-21-8-6-20(7-9-21)25-18-34-27(30-25)35-19-26(33)29-22-10-12-24(13-11-22)32-16-14-31(15-17-32)23-4-2-1-3-5-23/h6-13,18,23H,1-5,14-17,19H2,(H,29,33). The highest BCUT2D eigenvalue weighted by atomic mass is 79.9. The van der Waals surface area contributed by atoms with E-state index in [4.69, 9.17) is 0 Å². The summed E-state index contributed by atoms with van der Waals surface area (Å²) in [6.07, 6.45) is 6.96. The zero-order chi connectivity index (χ0) is 24.0. The number of thioether (sulfide) groups is 1. The largest absolute Gasteiger partial charge is 0.369 e. The summed E-state index contributed by atoms with van der Waals surface area (Å²) in [7, 11) is 0. The van der Waals surface area contributed by atoms with Gasteiger partial charge >= 0.3 is 0 Å². The Morgan fingerprint density at radius 3 is 2.43 bits per heavy atom. The van der Waals surface area contributed by atoms with E-state index in [9.17, 15) is 4.79 Å². The van der Waals surface area contributed by atoms with E-state index in [1.807, 2.05) is 41.8 Å². The summed E-state index contributed by atoms with van der Waals surface area (Å²) < 4.78 is 1.95. The van der Waals surface area contributed by atoms with E-state index in [1.165, 1.54) is 49.6 Å². The molecule has 0 atom stereocenters. The Kier molecular flexibility index (Phi) is 8.44. The molecule has 2 aromatic carbocycles. The first-order chi connectivity index (χ1) is 17.1.